The molecule has 1 aliphatic rings. The Bertz CT molecular complexity index is 522. The van der Waals surface area contributed by atoms with Crippen LogP contribution in [0.15, 0.2) is 22.8 Å². The lowest BCUT2D eigenvalue weighted by Gasteiger charge is -2.19. The Kier molecular flexibility index (Phi) is 5.97. The summed E-state index contributed by atoms with van der Waals surface area (Å²) in [4.78, 5) is 24.5. The summed E-state index contributed by atoms with van der Waals surface area (Å²) in [6.45, 7) is 1.17. The minimum absolute atomic E-state index is 0.0423. The van der Waals surface area contributed by atoms with Crippen LogP contribution in [0.3, 0.4) is 0 Å². The molecule has 23 heavy (non-hydrogen) atoms. The fourth-order valence-corrected chi connectivity index (χ4v) is 2.34. The zero-order valence-electron chi connectivity index (χ0n) is 13.0. The second kappa shape index (κ2) is 7.96. The first kappa shape index (κ1) is 17.3. The van der Waals surface area contributed by atoms with Gasteiger partial charge in [0, 0.05) is 26.1 Å². The molecule has 1 N–H and O–H groups in total. The Morgan fingerprint density at radius 1 is 1.52 bits per heavy atom. The number of furan rings is 1. The molecule has 0 spiro atoms. The zero-order valence-corrected chi connectivity index (χ0v) is 13.0. The van der Waals surface area contributed by atoms with Gasteiger partial charge in [0.2, 0.25) is 5.67 Å². The second-order valence-electron chi connectivity index (χ2n) is 5.35. The van der Waals surface area contributed by atoms with E-state index in [1.807, 2.05) is 6.07 Å². The van der Waals surface area contributed by atoms with Crippen molar-refractivity contribution in [3.8, 4) is 0 Å². The standard InChI is InChI=1S/C15H21FN2O5/c1-21-13(19)15(16)5-7-18(11-15)14(20)17-6-3-8-22-10-12-4-2-9-23-12/h2,4,9H,3,5-8,10-11H2,1H3,(H,17,20). The molecular formula is C15H21FN2O5. The first-order valence-corrected chi connectivity index (χ1v) is 7.45. The van der Waals surface area contributed by atoms with Gasteiger partial charge in [-0.05, 0) is 18.6 Å². The number of alkyl halides is 1. The molecule has 0 aliphatic carbocycles. The molecule has 1 aromatic rings. The summed E-state index contributed by atoms with van der Waals surface area (Å²) in [6, 6.07) is 3.22. The molecule has 2 amide bonds. The summed E-state index contributed by atoms with van der Waals surface area (Å²) in [7, 11) is 1.13. The number of rotatable bonds is 7. The number of hydrogen-bond donors (Lipinski definition) is 1. The molecule has 0 bridgehead atoms. The summed E-state index contributed by atoms with van der Waals surface area (Å²) in [6.07, 6.45) is 2.16. The van der Waals surface area contributed by atoms with E-state index in [1.54, 1.807) is 12.3 Å². The number of esters is 1. The maximum Gasteiger partial charge on any atom is 0.345 e. The van der Waals surface area contributed by atoms with E-state index < -0.39 is 11.6 Å². The Morgan fingerprint density at radius 2 is 2.35 bits per heavy atom. The third-order valence-electron chi connectivity index (χ3n) is 3.62. The van der Waals surface area contributed by atoms with Crippen molar-refractivity contribution in [2.75, 3.05) is 33.4 Å². The molecule has 7 nitrogen and oxygen atoms in total. The Morgan fingerprint density at radius 3 is 3.04 bits per heavy atom. The van der Waals surface area contributed by atoms with Gasteiger partial charge in [-0.25, -0.2) is 14.0 Å². The largest absolute Gasteiger partial charge is 0.467 e. The number of carbonyl (C=O) groups is 2. The molecule has 8 heteroatoms. The molecule has 0 radical (unpaired) electrons. The SMILES string of the molecule is COC(=O)C1(F)CCN(C(=O)NCCCOCc2ccco2)C1. The number of likely N-dealkylation sites (tertiary alicyclic amines) is 1. The number of carbonyl (C=O) groups excluding carboxylic acids is 2. The van der Waals surface area contributed by atoms with Crippen LogP contribution >= 0.6 is 0 Å². The number of hydrogen-bond acceptors (Lipinski definition) is 5. The van der Waals surface area contributed by atoms with Crippen molar-refractivity contribution in [3.63, 3.8) is 0 Å². The number of nitrogens with one attached hydrogen (secondary N) is 1. The summed E-state index contributed by atoms with van der Waals surface area (Å²) in [5.74, 6) is -0.188. The average Bonchev–Trinajstić information content (AvgIpc) is 3.20. The van der Waals surface area contributed by atoms with Crippen molar-refractivity contribution in [1.29, 1.82) is 0 Å². The van der Waals surface area contributed by atoms with Crippen molar-refractivity contribution < 1.29 is 27.9 Å². The van der Waals surface area contributed by atoms with Crippen molar-refractivity contribution in [2.24, 2.45) is 0 Å². The molecule has 2 rings (SSSR count). The normalized spacial score (nSPS) is 20.5. The van der Waals surface area contributed by atoms with E-state index in [1.165, 1.54) is 4.90 Å². The van der Waals surface area contributed by atoms with Crippen molar-refractivity contribution in [1.82, 2.24) is 10.2 Å². The van der Waals surface area contributed by atoms with E-state index in [4.69, 9.17) is 9.15 Å². The summed E-state index contributed by atoms with van der Waals surface area (Å²) in [5.41, 5.74) is -2.10. The van der Waals surface area contributed by atoms with Crippen LogP contribution in [0.25, 0.3) is 0 Å². The van der Waals surface area contributed by atoms with Crippen molar-refractivity contribution in [3.05, 3.63) is 24.2 Å². The highest BCUT2D eigenvalue weighted by molar-refractivity contribution is 5.82. The Hall–Kier alpha value is -2.09. The molecular weight excluding hydrogens is 307 g/mol. The number of ether oxygens (including phenoxy) is 2. The number of nitrogens with zero attached hydrogens (tertiary/aromatic N) is 1. The highest BCUT2D eigenvalue weighted by Crippen LogP contribution is 2.26. The van der Waals surface area contributed by atoms with Gasteiger partial charge in [0.1, 0.15) is 12.4 Å². The molecule has 1 atom stereocenters. The van der Waals surface area contributed by atoms with Gasteiger partial charge in [-0.3, -0.25) is 0 Å². The van der Waals surface area contributed by atoms with E-state index in [2.05, 4.69) is 10.1 Å². The topological polar surface area (TPSA) is 81.0 Å². The number of halogens is 1. The predicted molar refractivity (Wildman–Crippen MR) is 78.4 cm³/mol. The molecule has 1 saturated heterocycles. The average molecular weight is 328 g/mol. The first-order chi connectivity index (χ1) is 11.0. The summed E-state index contributed by atoms with van der Waals surface area (Å²) in [5, 5.41) is 2.68. The van der Waals surface area contributed by atoms with Crippen LogP contribution in [0.1, 0.15) is 18.6 Å². The minimum Gasteiger partial charge on any atom is -0.467 e. The lowest BCUT2D eigenvalue weighted by Crippen LogP contribution is -2.43. The number of urea groups is 1. The van der Waals surface area contributed by atoms with Crippen LogP contribution in [-0.4, -0.2) is 55.9 Å². The van der Waals surface area contributed by atoms with Crippen molar-refractivity contribution >= 4 is 12.0 Å². The van der Waals surface area contributed by atoms with Gasteiger partial charge in [0.15, 0.2) is 0 Å². The van der Waals surface area contributed by atoms with Crippen LogP contribution in [0.2, 0.25) is 0 Å². The fourth-order valence-electron chi connectivity index (χ4n) is 2.34. The summed E-state index contributed by atoms with van der Waals surface area (Å²) < 4.78 is 29.1. The van der Waals surface area contributed by atoms with Crippen LogP contribution in [0.5, 0.6) is 0 Å². The molecule has 128 valence electrons. The van der Waals surface area contributed by atoms with Gasteiger partial charge in [-0.15, -0.1) is 0 Å². The molecule has 2 heterocycles. The van der Waals surface area contributed by atoms with Crippen LogP contribution < -0.4 is 5.32 Å². The van der Waals surface area contributed by atoms with Gasteiger partial charge in [0.25, 0.3) is 0 Å². The van der Waals surface area contributed by atoms with Gasteiger partial charge in [-0.1, -0.05) is 0 Å². The molecule has 0 aromatic carbocycles. The zero-order chi connectivity index (χ0) is 16.7. The lowest BCUT2D eigenvalue weighted by molar-refractivity contribution is -0.153. The molecule has 1 aromatic heterocycles. The predicted octanol–water partition coefficient (Wildman–Crippen LogP) is 1.48. The van der Waals surface area contributed by atoms with Gasteiger partial charge >= 0.3 is 12.0 Å². The number of amides is 2. The second-order valence-corrected chi connectivity index (χ2v) is 5.35. The third kappa shape index (κ3) is 4.69. The smallest absolute Gasteiger partial charge is 0.345 e. The monoisotopic (exact) mass is 328 g/mol. The van der Waals surface area contributed by atoms with Crippen LogP contribution in [0.4, 0.5) is 9.18 Å². The van der Waals surface area contributed by atoms with Gasteiger partial charge < -0.3 is 24.1 Å². The maximum atomic E-state index is 14.2. The molecule has 1 aliphatic heterocycles. The highest BCUT2D eigenvalue weighted by atomic mass is 19.1. The molecule has 1 unspecified atom stereocenters. The summed E-state index contributed by atoms with van der Waals surface area (Å²) >= 11 is 0. The van der Waals surface area contributed by atoms with Gasteiger partial charge in [-0.2, -0.15) is 0 Å². The Balaban J connectivity index is 1.59. The first-order valence-electron chi connectivity index (χ1n) is 7.45. The van der Waals surface area contributed by atoms with Gasteiger partial charge in [0.05, 0.1) is 19.9 Å². The minimum atomic E-state index is -2.10. The van der Waals surface area contributed by atoms with E-state index in [-0.39, 0.29) is 25.5 Å². The molecule has 1 fully saturated rings. The fraction of sp³-hybridized carbons (Fsp3) is 0.600. The Labute approximate surface area is 133 Å². The third-order valence-corrected chi connectivity index (χ3v) is 3.62. The van der Waals surface area contributed by atoms with Crippen LogP contribution in [0, 0.1) is 0 Å². The van der Waals surface area contributed by atoms with Crippen LogP contribution in [-0.2, 0) is 20.9 Å². The van der Waals surface area contributed by atoms with Crippen molar-refractivity contribution in [2.45, 2.75) is 25.1 Å². The van der Waals surface area contributed by atoms with E-state index in [0.717, 1.165) is 12.9 Å². The van der Waals surface area contributed by atoms with E-state index >= 15 is 0 Å². The van der Waals surface area contributed by atoms with E-state index in [0.29, 0.717) is 26.2 Å². The maximum absolute atomic E-state index is 14.2. The highest BCUT2D eigenvalue weighted by Gasteiger charge is 2.47. The lowest BCUT2D eigenvalue weighted by atomic mass is 10.1. The van der Waals surface area contributed by atoms with E-state index in [9.17, 15) is 14.0 Å². The molecule has 0 saturated carbocycles. The number of methoxy groups -OCH3 is 1. The quantitative estimate of drug-likeness (QED) is 0.606.